The van der Waals surface area contributed by atoms with Gasteiger partial charge in [-0.15, -0.1) is 6.58 Å². The SMILES string of the molecule is C=CCNC(=O)CN(C)Cc1ccccc1Cl. The average Bonchev–Trinajstić information content (AvgIpc) is 2.29. The molecule has 1 aromatic rings. The standard InChI is InChI=1S/C13H17ClN2O/c1-3-8-15-13(17)10-16(2)9-11-6-4-5-7-12(11)14/h3-7H,1,8-10H2,2H3,(H,15,17). The number of amides is 1. The fourth-order valence-corrected chi connectivity index (χ4v) is 1.66. The summed E-state index contributed by atoms with van der Waals surface area (Å²) in [6.45, 7) is 5.04. The van der Waals surface area contributed by atoms with E-state index in [1.54, 1.807) is 6.08 Å². The quantitative estimate of drug-likeness (QED) is 0.787. The molecule has 1 amide bonds. The molecule has 4 heteroatoms. The lowest BCUT2D eigenvalue weighted by Crippen LogP contribution is -2.34. The van der Waals surface area contributed by atoms with Crippen molar-refractivity contribution in [2.45, 2.75) is 6.54 Å². The Morgan fingerprint density at radius 3 is 2.88 bits per heavy atom. The van der Waals surface area contributed by atoms with Crippen LogP contribution in [0.5, 0.6) is 0 Å². The molecule has 0 fully saturated rings. The number of carbonyl (C=O) groups excluding carboxylic acids is 1. The number of benzene rings is 1. The van der Waals surface area contributed by atoms with E-state index in [4.69, 9.17) is 11.6 Å². The second-order valence-corrected chi connectivity index (χ2v) is 4.26. The van der Waals surface area contributed by atoms with Crippen LogP contribution in [-0.4, -0.2) is 30.9 Å². The number of carbonyl (C=O) groups is 1. The van der Waals surface area contributed by atoms with Gasteiger partial charge in [0.1, 0.15) is 0 Å². The van der Waals surface area contributed by atoms with E-state index in [2.05, 4.69) is 11.9 Å². The zero-order valence-electron chi connectivity index (χ0n) is 9.95. The van der Waals surface area contributed by atoms with Crippen molar-refractivity contribution in [3.05, 3.63) is 47.5 Å². The van der Waals surface area contributed by atoms with Gasteiger partial charge in [0, 0.05) is 18.1 Å². The van der Waals surface area contributed by atoms with Crippen molar-refractivity contribution in [1.29, 1.82) is 0 Å². The number of hydrogen-bond donors (Lipinski definition) is 1. The second kappa shape index (κ2) is 7.09. The lowest BCUT2D eigenvalue weighted by Gasteiger charge is -2.16. The molecule has 3 nitrogen and oxygen atoms in total. The van der Waals surface area contributed by atoms with Crippen LogP contribution in [-0.2, 0) is 11.3 Å². The molecule has 0 aromatic heterocycles. The molecule has 0 heterocycles. The van der Waals surface area contributed by atoms with Gasteiger partial charge in [-0.2, -0.15) is 0 Å². The molecule has 17 heavy (non-hydrogen) atoms. The fourth-order valence-electron chi connectivity index (χ4n) is 1.46. The predicted molar refractivity (Wildman–Crippen MR) is 71.0 cm³/mol. The third-order valence-corrected chi connectivity index (χ3v) is 2.62. The first kappa shape index (κ1) is 13.7. The van der Waals surface area contributed by atoms with Crippen molar-refractivity contribution in [3.8, 4) is 0 Å². The van der Waals surface area contributed by atoms with E-state index in [-0.39, 0.29) is 5.91 Å². The van der Waals surface area contributed by atoms with E-state index in [1.165, 1.54) is 0 Å². The van der Waals surface area contributed by atoms with E-state index in [9.17, 15) is 4.79 Å². The van der Waals surface area contributed by atoms with Gasteiger partial charge in [-0.3, -0.25) is 9.69 Å². The molecular formula is C13H17ClN2O. The normalized spacial score (nSPS) is 10.3. The van der Waals surface area contributed by atoms with Gasteiger partial charge >= 0.3 is 0 Å². The molecule has 1 N–H and O–H groups in total. The molecule has 0 spiro atoms. The van der Waals surface area contributed by atoms with Crippen LogP contribution in [0.3, 0.4) is 0 Å². The fraction of sp³-hybridized carbons (Fsp3) is 0.308. The summed E-state index contributed by atoms with van der Waals surface area (Å²) < 4.78 is 0. The molecule has 0 saturated carbocycles. The highest BCUT2D eigenvalue weighted by Gasteiger charge is 2.07. The van der Waals surface area contributed by atoms with Crippen LogP contribution >= 0.6 is 11.6 Å². The number of hydrogen-bond acceptors (Lipinski definition) is 2. The molecule has 0 bridgehead atoms. The van der Waals surface area contributed by atoms with Crippen LogP contribution in [0, 0.1) is 0 Å². The Bertz CT molecular complexity index is 393. The molecule has 92 valence electrons. The van der Waals surface area contributed by atoms with Crippen LogP contribution in [0.15, 0.2) is 36.9 Å². The van der Waals surface area contributed by atoms with Crippen molar-refractivity contribution >= 4 is 17.5 Å². The Morgan fingerprint density at radius 1 is 1.53 bits per heavy atom. The van der Waals surface area contributed by atoms with Gasteiger partial charge < -0.3 is 5.32 Å². The highest BCUT2D eigenvalue weighted by Crippen LogP contribution is 2.16. The van der Waals surface area contributed by atoms with Crippen LogP contribution < -0.4 is 5.32 Å². The van der Waals surface area contributed by atoms with Gasteiger partial charge in [0.05, 0.1) is 6.54 Å². The molecule has 0 atom stereocenters. The van der Waals surface area contributed by atoms with Gasteiger partial charge in [-0.05, 0) is 18.7 Å². The third kappa shape index (κ3) is 5.02. The highest BCUT2D eigenvalue weighted by molar-refractivity contribution is 6.31. The number of halogens is 1. The summed E-state index contributed by atoms with van der Waals surface area (Å²) in [4.78, 5) is 13.4. The van der Waals surface area contributed by atoms with E-state index in [1.807, 2.05) is 36.2 Å². The minimum atomic E-state index is -0.0144. The van der Waals surface area contributed by atoms with E-state index >= 15 is 0 Å². The number of rotatable bonds is 6. The maximum absolute atomic E-state index is 11.5. The largest absolute Gasteiger partial charge is 0.352 e. The molecule has 0 radical (unpaired) electrons. The first-order chi connectivity index (χ1) is 8.13. The Labute approximate surface area is 107 Å². The van der Waals surface area contributed by atoms with Crippen molar-refractivity contribution in [2.24, 2.45) is 0 Å². The minimum Gasteiger partial charge on any atom is -0.352 e. The Balaban J connectivity index is 2.44. The predicted octanol–water partition coefficient (Wildman–Crippen LogP) is 2.07. The van der Waals surface area contributed by atoms with Crippen LogP contribution in [0.4, 0.5) is 0 Å². The summed E-state index contributed by atoms with van der Waals surface area (Å²) in [6, 6.07) is 7.64. The molecule has 0 aliphatic heterocycles. The van der Waals surface area contributed by atoms with Gasteiger partial charge in [0.15, 0.2) is 0 Å². The van der Waals surface area contributed by atoms with Crippen LogP contribution in [0.1, 0.15) is 5.56 Å². The summed E-state index contributed by atoms with van der Waals surface area (Å²) in [5.74, 6) is -0.0144. The van der Waals surface area contributed by atoms with Crippen molar-refractivity contribution in [1.82, 2.24) is 10.2 Å². The number of likely N-dealkylation sites (N-methyl/N-ethyl adjacent to an activating group) is 1. The minimum absolute atomic E-state index is 0.0144. The topological polar surface area (TPSA) is 32.3 Å². The van der Waals surface area contributed by atoms with Gasteiger partial charge in [0.25, 0.3) is 0 Å². The number of nitrogens with one attached hydrogen (secondary N) is 1. The second-order valence-electron chi connectivity index (χ2n) is 3.86. The zero-order valence-corrected chi connectivity index (χ0v) is 10.7. The molecule has 0 aliphatic carbocycles. The Kier molecular flexibility index (Phi) is 5.73. The first-order valence-electron chi connectivity index (χ1n) is 5.43. The van der Waals surface area contributed by atoms with Crippen molar-refractivity contribution < 1.29 is 4.79 Å². The van der Waals surface area contributed by atoms with E-state index in [0.29, 0.717) is 19.6 Å². The summed E-state index contributed by atoms with van der Waals surface area (Å²) in [6.07, 6.45) is 1.66. The highest BCUT2D eigenvalue weighted by atomic mass is 35.5. The number of nitrogens with zero attached hydrogens (tertiary/aromatic N) is 1. The first-order valence-corrected chi connectivity index (χ1v) is 5.81. The smallest absolute Gasteiger partial charge is 0.234 e. The molecule has 0 unspecified atom stereocenters. The third-order valence-electron chi connectivity index (χ3n) is 2.26. The summed E-state index contributed by atoms with van der Waals surface area (Å²) >= 11 is 6.05. The van der Waals surface area contributed by atoms with Crippen molar-refractivity contribution in [3.63, 3.8) is 0 Å². The van der Waals surface area contributed by atoms with Crippen LogP contribution in [0.25, 0.3) is 0 Å². The van der Waals surface area contributed by atoms with Crippen LogP contribution in [0.2, 0.25) is 5.02 Å². The van der Waals surface area contributed by atoms with E-state index in [0.717, 1.165) is 10.6 Å². The summed E-state index contributed by atoms with van der Waals surface area (Å²) in [5.41, 5.74) is 1.02. The maximum atomic E-state index is 11.5. The lowest BCUT2D eigenvalue weighted by molar-refractivity contribution is -0.121. The zero-order chi connectivity index (χ0) is 12.7. The Hall–Kier alpha value is -1.32. The lowest BCUT2D eigenvalue weighted by atomic mass is 10.2. The monoisotopic (exact) mass is 252 g/mol. The summed E-state index contributed by atoms with van der Waals surface area (Å²) in [5, 5.41) is 3.46. The molecule has 1 rings (SSSR count). The molecular weight excluding hydrogens is 236 g/mol. The Morgan fingerprint density at radius 2 is 2.24 bits per heavy atom. The van der Waals surface area contributed by atoms with E-state index < -0.39 is 0 Å². The molecule has 0 saturated heterocycles. The molecule has 0 aliphatic rings. The average molecular weight is 253 g/mol. The maximum Gasteiger partial charge on any atom is 0.234 e. The molecule has 1 aromatic carbocycles. The summed E-state index contributed by atoms with van der Waals surface area (Å²) in [7, 11) is 1.89. The van der Waals surface area contributed by atoms with Gasteiger partial charge in [-0.1, -0.05) is 35.9 Å². The van der Waals surface area contributed by atoms with Crippen molar-refractivity contribution in [2.75, 3.05) is 20.1 Å². The van der Waals surface area contributed by atoms with Gasteiger partial charge in [-0.25, -0.2) is 0 Å². The van der Waals surface area contributed by atoms with Gasteiger partial charge in [0.2, 0.25) is 5.91 Å².